The fourth-order valence-electron chi connectivity index (χ4n) is 3.43. The maximum Gasteiger partial charge on any atom is 0.191 e. The van der Waals surface area contributed by atoms with E-state index in [0.29, 0.717) is 26.4 Å². The molecule has 1 heterocycles. The standard InChI is InChI=1S/C23H31FN4O2/c1-25-23(26-12-5-15-30-21-6-3-2-4-7-21)27-18-22(28-13-16-29-17-14-28)19-8-10-20(24)11-9-19/h2-4,6-11,22H,5,12-18H2,1H3,(H2,25,26,27). The lowest BCUT2D eigenvalue weighted by atomic mass is 10.0. The first-order valence-electron chi connectivity index (χ1n) is 10.5. The van der Waals surface area contributed by atoms with Gasteiger partial charge in [0.15, 0.2) is 5.96 Å². The van der Waals surface area contributed by atoms with Crippen LogP contribution < -0.4 is 15.4 Å². The van der Waals surface area contributed by atoms with E-state index in [0.717, 1.165) is 43.3 Å². The van der Waals surface area contributed by atoms with Gasteiger partial charge in [0.25, 0.3) is 0 Å². The average Bonchev–Trinajstić information content (AvgIpc) is 2.80. The van der Waals surface area contributed by atoms with E-state index in [2.05, 4.69) is 20.5 Å². The van der Waals surface area contributed by atoms with Gasteiger partial charge in [-0.25, -0.2) is 4.39 Å². The van der Waals surface area contributed by atoms with E-state index >= 15 is 0 Å². The number of halogens is 1. The topological polar surface area (TPSA) is 58.1 Å². The first-order valence-corrected chi connectivity index (χ1v) is 10.5. The van der Waals surface area contributed by atoms with Gasteiger partial charge in [-0.05, 0) is 36.2 Å². The molecule has 0 radical (unpaired) electrons. The van der Waals surface area contributed by atoms with E-state index in [1.165, 1.54) is 12.1 Å². The van der Waals surface area contributed by atoms with Crippen LogP contribution in [0.5, 0.6) is 5.75 Å². The number of ether oxygens (including phenoxy) is 2. The largest absolute Gasteiger partial charge is 0.494 e. The molecule has 30 heavy (non-hydrogen) atoms. The van der Waals surface area contributed by atoms with E-state index in [4.69, 9.17) is 9.47 Å². The monoisotopic (exact) mass is 414 g/mol. The molecule has 6 nitrogen and oxygen atoms in total. The molecule has 0 saturated carbocycles. The van der Waals surface area contributed by atoms with Crippen LogP contribution in [-0.2, 0) is 4.74 Å². The van der Waals surface area contributed by atoms with Crippen molar-refractivity contribution in [3.63, 3.8) is 0 Å². The maximum atomic E-state index is 13.4. The Morgan fingerprint density at radius 1 is 1.10 bits per heavy atom. The van der Waals surface area contributed by atoms with Crippen LogP contribution in [0.25, 0.3) is 0 Å². The lowest BCUT2D eigenvalue weighted by molar-refractivity contribution is 0.0170. The molecule has 1 unspecified atom stereocenters. The Morgan fingerprint density at radius 2 is 1.83 bits per heavy atom. The number of hydrogen-bond donors (Lipinski definition) is 2. The second kappa shape index (κ2) is 12.1. The molecule has 7 heteroatoms. The molecular formula is C23H31FN4O2. The van der Waals surface area contributed by atoms with Crippen LogP contribution in [0.1, 0.15) is 18.0 Å². The smallest absolute Gasteiger partial charge is 0.191 e. The normalized spacial score (nSPS) is 16.1. The first-order chi connectivity index (χ1) is 14.8. The van der Waals surface area contributed by atoms with E-state index in [1.54, 1.807) is 7.05 Å². The van der Waals surface area contributed by atoms with Gasteiger partial charge in [0.2, 0.25) is 0 Å². The third-order valence-electron chi connectivity index (χ3n) is 5.05. The van der Waals surface area contributed by atoms with Crippen molar-refractivity contribution in [2.75, 3.05) is 53.0 Å². The zero-order valence-corrected chi connectivity index (χ0v) is 17.5. The molecule has 2 aromatic carbocycles. The number of nitrogens with one attached hydrogen (secondary N) is 2. The van der Waals surface area contributed by atoms with Gasteiger partial charge in [-0.2, -0.15) is 0 Å². The fourth-order valence-corrected chi connectivity index (χ4v) is 3.43. The summed E-state index contributed by atoms with van der Waals surface area (Å²) in [6.45, 7) is 5.20. The van der Waals surface area contributed by atoms with Crippen LogP contribution in [0.2, 0.25) is 0 Å². The van der Waals surface area contributed by atoms with Crippen molar-refractivity contribution in [2.45, 2.75) is 12.5 Å². The predicted molar refractivity (Wildman–Crippen MR) is 117 cm³/mol. The summed E-state index contributed by atoms with van der Waals surface area (Å²) in [6.07, 6.45) is 0.862. The molecule has 1 aliphatic heterocycles. The lowest BCUT2D eigenvalue weighted by Gasteiger charge is -2.35. The minimum atomic E-state index is -0.220. The van der Waals surface area contributed by atoms with E-state index in [1.807, 2.05) is 42.5 Å². The Bertz CT molecular complexity index is 765. The van der Waals surface area contributed by atoms with E-state index in [-0.39, 0.29) is 11.9 Å². The molecule has 1 saturated heterocycles. The summed E-state index contributed by atoms with van der Waals surface area (Å²) in [4.78, 5) is 6.68. The number of benzene rings is 2. The average molecular weight is 415 g/mol. The molecule has 0 amide bonds. The molecule has 2 aromatic rings. The lowest BCUT2D eigenvalue weighted by Crippen LogP contribution is -2.46. The third-order valence-corrected chi connectivity index (χ3v) is 5.05. The van der Waals surface area contributed by atoms with Crippen molar-refractivity contribution in [3.8, 4) is 5.75 Å². The van der Waals surface area contributed by atoms with Crippen molar-refractivity contribution >= 4 is 5.96 Å². The molecule has 1 fully saturated rings. The molecule has 1 atom stereocenters. The maximum absolute atomic E-state index is 13.4. The van der Waals surface area contributed by atoms with Crippen molar-refractivity contribution < 1.29 is 13.9 Å². The van der Waals surface area contributed by atoms with Gasteiger partial charge in [-0.15, -0.1) is 0 Å². The van der Waals surface area contributed by atoms with Gasteiger partial charge >= 0.3 is 0 Å². The number of nitrogens with zero attached hydrogens (tertiary/aromatic N) is 2. The van der Waals surface area contributed by atoms with Crippen LogP contribution in [0.4, 0.5) is 4.39 Å². The Labute approximate surface area is 178 Å². The van der Waals surface area contributed by atoms with Crippen LogP contribution >= 0.6 is 0 Å². The van der Waals surface area contributed by atoms with E-state index < -0.39 is 0 Å². The minimum absolute atomic E-state index is 0.120. The number of guanidine groups is 1. The van der Waals surface area contributed by atoms with Crippen LogP contribution in [0.3, 0.4) is 0 Å². The molecule has 1 aliphatic rings. The quantitative estimate of drug-likeness (QED) is 0.375. The molecule has 0 aromatic heterocycles. The van der Waals surface area contributed by atoms with Crippen molar-refractivity contribution in [2.24, 2.45) is 4.99 Å². The summed E-state index contributed by atoms with van der Waals surface area (Å²) >= 11 is 0. The second-order valence-corrected chi connectivity index (χ2v) is 7.11. The number of rotatable bonds is 9. The molecule has 162 valence electrons. The Balaban J connectivity index is 1.47. The highest BCUT2D eigenvalue weighted by Gasteiger charge is 2.23. The third kappa shape index (κ3) is 7.00. The summed E-state index contributed by atoms with van der Waals surface area (Å²) < 4.78 is 24.6. The molecule has 2 N–H and O–H groups in total. The first kappa shape index (κ1) is 22.1. The van der Waals surface area contributed by atoms with Crippen LogP contribution in [0, 0.1) is 5.82 Å². The zero-order valence-electron chi connectivity index (χ0n) is 17.5. The molecule has 3 rings (SSSR count). The molecule has 0 bridgehead atoms. The summed E-state index contributed by atoms with van der Waals surface area (Å²) in [7, 11) is 1.76. The SMILES string of the molecule is CN=C(NCCCOc1ccccc1)NCC(c1ccc(F)cc1)N1CCOCC1. The van der Waals surface area contributed by atoms with Crippen molar-refractivity contribution in [3.05, 3.63) is 66.0 Å². The Hall–Kier alpha value is -2.64. The highest BCUT2D eigenvalue weighted by molar-refractivity contribution is 5.79. The number of hydrogen-bond acceptors (Lipinski definition) is 4. The fraction of sp³-hybridized carbons (Fsp3) is 0.435. The van der Waals surface area contributed by atoms with Gasteiger partial charge in [0, 0.05) is 33.2 Å². The van der Waals surface area contributed by atoms with E-state index in [9.17, 15) is 4.39 Å². The highest BCUT2D eigenvalue weighted by Crippen LogP contribution is 2.21. The summed E-state index contributed by atoms with van der Waals surface area (Å²) in [5, 5.41) is 6.74. The van der Waals surface area contributed by atoms with Crippen molar-refractivity contribution in [1.82, 2.24) is 15.5 Å². The highest BCUT2D eigenvalue weighted by atomic mass is 19.1. The van der Waals surface area contributed by atoms with Gasteiger partial charge < -0.3 is 20.1 Å². The summed E-state index contributed by atoms with van der Waals surface area (Å²) in [5.41, 5.74) is 1.08. The van der Waals surface area contributed by atoms with Crippen molar-refractivity contribution in [1.29, 1.82) is 0 Å². The summed E-state index contributed by atoms with van der Waals surface area (Å²) in [6, 6.07) is 16.7. The van der Waals surface area contributed by atoms with Gasteiger partial charge in [0.05, 0.1) is 25.9 Å². The van der Waals surface area contributed by atoms with Crippen LogP contribution in [0.15, 0.2) is 59.6 Å². The van der Waals surface area contributed by atoms with Gasteiger partial charge in [-0.3, -0.25) is 9.89 Å². The molecule has 0 aliphatic carbocycles. The predicted octanol–water partition coefficient (Wildman–Crippen LogP) is 2.83. The second-order valence-electron chi connectivity index (χ2n) is 7.11. The number of para-hydroxylation sites is 1. The number of aliphatic imine (C=N–C) groups is 1. The minimum Gasteiger partial charge on any atom is -0.494 e. The van der Waals surface area contributed by atoms with Crippen LogP contribution in [-0.4, -0.2) is 63.9 Å². The zero-order chi connectivity index (χ0) is 21.0. The Morgan fingerprint density at radius 3 is 2.53 bits per heavy atom. The molecular weight excluding hydrogens is 383 g/mol. The number of morpholine rings is 1. The van der Waals surface area contributed by atoms with Gasteiger partial charge in [-0.1, -0.05) is 30.3 Å². The summed E-state index contributed by atoms with van der Waals surface area (Å²) in [5.74, 6) is 1.41. The Kier molecular flexibility index (Phi) is 8.93. The molecule has 0 spiro atoms. The van der Waals surface area contributed by atoms with Gasteiger partial charge in [0.1, 0.15) is 11.6 Å².